The van der Waals surface area contributed by atoms with E-state index >= 15 is 0 Å². The Balaban J connectivity index is 1.53. The summed E-state index contributed by atoms with van der Waals surface area (Å²) in [7, 11) is 0. The van der Waals surface area contributed by atoms with E-state index in [1.54, 1.807) is 20.6 Å². The third kappa shape index (κ3) is 5.33. The van der Waals surface area contributed by atoms with Crippen LogP contribution in [0.3, 0.4) is 0 Å². The molecular weight excluding hydrogens is 422 g/mol. The number of piperazine rings is 1. The lowest BCUT2D eigenvalue weighted by molar-refractivity contribution is -0.146. The van der Waals surface area contributed by atoms with E-state index in [1.165, 1.54) is 6.08 Å². The number of nitrogens with zero attached hydrogens (tertiary/aromatic N) is 5. The van der Waals surface area contributed by atoms with Crippen LogP contribution in [-0.2, 0) is 25.7 Å². The molecule has 1 aromatic heterocycles. The summed E-state index contributed by atoms with van der Waals surface area (Å²) >= 11 is 6.42. The second-order valence-electron chi connectivity index (χ2n) is 8.28. The normalized spacial score (nSPS) is 17.5. The molecule has 2 saturated heterocycles. The Bertz CT molecular complexity index is 899. The van der Waals surface area contributed by atoms with Crippen LogP contribution < -0.4 is 0 Å². The van der Waals surface area contributed by atoms with Crippen molar-refractivity contribution in [3.8, 4) is 0 Å². The van der Waals surface area contributed by atoms with E-state index in [0.29, 0.717) is 43.8 Å². The Labute approximate surface area is 186 Å². The van der Waals surface area contributed by atoms with Crippen LogP contribution in [0.4, 0.5) is 0 Å². The van der Waals surface area contributed by atoms with Crippen molar-refractivity contribution in [2.24, 2.45) is 5.92 Å². The fourth-order valence-electron chi connectivity index (χ4n) is 3.69. The first-order valence-electron chi connectivity index (χ1n) is 10.5. The first kappa shape index (κ1) is 23.0. The average Bonchev–Trinajstić information content (AvgIpc) is 3.18. The van der Waals surface area contributed by atoms with Crippen molar-refractivity contribution in [3.63, 3.8) is 0 Å². The van der Waals surface area contributed by atoms with Crippen molar-refractivity contribution in [1.29, 1.82) is 0 Å². The van der Waals surface area contributed by atoms with E-state index in [1.807, 2.05) is 6.92 Å². The first-order valence-corrected chi connectivity index (χ1v) is 10.9. The Morgan fingerprint density at radius 3 is 2.23 bits per heavy atom. The molecule has 3 rings (SSSR count). The summed E-state index contributed by atoms with van der Waals surface area (Å²) in [6.07, 6.45) is 3.50. The van der Waals surface area contributed by atoms with E-state index < -0.39 is 0 Å². The zero-order valence-electron chi connectivity index (χ0n) is 18.1. The summed E-state index contributed by atoms with van der Waals surface area (Å²) in [5, 5.41) is 4.95. The molecule has 0 bridgehead atoms. The SMILES string of the molecule is Cc1nn(CC(C)C)c(Cl)c1/C=C/C(=O)N1CCN(C(=O)CN2C(=O)CCC2=O)CC1. The van der Waals surface area contributed by atoms with Gasteiger partial charge in [-0.2, -0.15) is 5.10 Å². The third-order valence-electron chi connectivity index (χ3n) is 5.43. The summed E-state index contributed by atoms with van der Waals surface area (Å²) in [6.45, 7) is 7.99. The fourth-order valence-corrected chi connectivity index (χ4v) is 4.00. The van der Waals surface area contributed by atoms with Crippen LogP contribution in [0.5, 0.6) is 0 Å². The number of aromatic nitrogens is 2. The molecule has 168 valence electrons. The second kappa shape index (κ2) is 9.64. The van der Waals surface area contributed by atoms with E-state index in [4.69, 9.17) is 11.6 Å². The fraction of sp³-hybridized carbons (Fsp3) is 0.571. The molecule has 0 atom stereocenters. The van der Waals surface area contributed by atoms with Crippen molar-refractivity contribution < 1.29 is 19.2 Å². The van der Waals surface area contributed by atoms with Crippen LogP contribution in [-0.4, -0.2) is 80.8 Å². The van der Waals surface area contributed by atoms with Gasteiger partial charge in [-0.1, -0.05) is 25.4 Å². The Hall–Kier alpha value is -2.68. The molecule has 0 unspecified atom stereocenters. The molecule has 2 aliphatic rings. The number of halogens is 1. The summed E-state index contributed by atoms with van der Waals surface area (Å²) in [4.78, 5) is 52.7. The number of hydrogen-bond donors (Lipinski definition) is 0. The van der Waals surface area contributed by atoms with Crippen molar-refractivity contribution in [1.82, 2.24) is 24.5 Å². The molecule has 31 heavy (non-hydrogen) atoms. The van der Waals surface area contributed by atoms with E-state index in [0.717, 1.165) is 16.2 Å². The molecule has 1 aromatic rings. The van der Waals surface area contributed by atoms with E-state index in [2.05, 4.69) is 18.9 Å². The summed E-state index contributed by atoms with van der Waals surface area (Å²) in [5.74, 6) is -0.641. The number of likely N-dealkylation sites (tertiary alicyclic amines) is 1. The molecule has 0 aliphatic carbocycles. The van der Waals surface area contributed by atoms with Crippen LogP contribution >= 0.6 is 11.6 Å². The van der Waals surface area contributed by atoms with Crippen molar-refractivity contribution in [2.45, 2.75) is 40.2 Å². The van der Waals surface area contributed by atoms with Crippen LogP contribution in [0.2, 0.25) is 5.15 Å². The zero-order chi connectivity index (χ0) is 22.7. The lowest BCUT2D eigenvalue weighted by Crippen LogP contribution is -2.52. The monoisotopic (exact) mass is 449 g/mol. The molecular formula is C21H28ClN5O4. The van der Waals surface area contributed by atoms with Gasteiger partial charge in [0.05, 0.1) is 5.69 Å². The maximum atomic E-state index is 12.6. The van der Waals surface area contributed by atoms with E-state index in [-0.39, 0.29) is 43.0 Å². The highest BCUT2D eigenvalue weighted by molar-refractivity contribution is 6.31. The van der Waals surface area contributed by atoms with Crippen LogP contribution in [0, 0.1) is 12.8 Å². The zero-order valence-corrected chi connectivity index (χ0v) is 18.9. The van der Waals surface area contributed by atoms with Gasteiger partial charge in [0.2, 0.25) is 23.6 Å². The van der Waals surface area contributed by atoms with Crippen LogP contribution in [0.15, 0.2) is 6.08 Å². The topological polar surface area (TPSA) is 95.8 Å². The van der Waals surface area contributed by atoms with Crippen LogP contribution in [0.1, 0.15) is 37.9 Å². The first-order chi connectivity index (χ1) is 14.7. The quantitative estimate of drug-likeness (QED) is 0.482. The number of carbonyl (C=O) groups excluding carboxylic acids is 4. The Morgan fingerprint density at radius 1 is 1.06 bits per heavy atom. The van der Waals surface area contributed by atoms with Gasteiger partial charge in [0.15, 0.2) is 0 Å². The summed E-state index contributed by atoms with van der Waals surface area (Å²) in [6, 6.07) is 0. The molecule has 3 heterocycles. The van der Waals surface area contributed by atoms with Gasteiger partial charge < -0.3 is 9.80 Å². The van der Waals surface area contributed by atoms with Crippen molar-refractivity contribution in [2.75, 3.05) is 32.7 Å². The highest BCUT2D eigenvalue weighted by Crippen LogP contribution is 2.22. The molecule has 0 N–H and O–H groups in total. The number of imide groups is 1. The predicted molar refractivity (Wildman–Crippen MR) is 115 cm³/mol. The van der Waals surface area contributed by atoms with Gasteiger partial charge in [-0.15, -0.1) is 0 Å². The second-order valence-corrected chi connectivity index (χ2v) is 8.64. The minimum Gasteiger partial charge on any atom is -0.338 e. The minimum atomic E-state index is -0.303. The number of amides is 4. The molecule has 0 aromatic carbocycles. The van der Waals surface area contributed by atoms with Gasteiger partial charge in [-0.25, -0.2) is 0 Å². The number of hydrogen-bond acceptors (Lipinski definition) is 5. The highest BCUT2D eigenvalue weighted by Gasteiger charge is 2.32. The molecule has 0 saturated carbocycles. The van der Waals surface area contributed by atoms with Gasteiger partial charge in [0.25, 0.3) is 0 Å². The molecule has 9 nitrogen and oxygen atoms in total. The summed E-state index contributed by atoms with van der Waals surface area (Å²) < 4.78 is 1.74. The molecule has 0 radical (unpaired) electrons. The third-order valence-corrected chi connectivity index (χ3v) is 5.83. The van der Waals surface area contributed by atoms with Crippen LogP contribution in [0.25, 0.3) is 6.08 Å². The molecule has 2 aliphatic heterocycles. The number of rotatable bonds is 6. The maximum absolute atomic E-state index is 12.6. The minimum absolute atomic E-state index is 0.163. The highest BCUT2D eigenvalue weighted by atomic mass is 35.5. The molecule has 10 heteroatoms. The molecule has 2 fully saturated rings. The van der Waals surface area contributed by atoms with Crippen molar-refractivity contribution >= 4 is 41.3 Å². The lowest BCUT2D eigenvalue weighted by Gasteiger charge is -2.34. The predicted octanol–water partition coefficient (Wildman–Crippen LogP) is 1.33. The van der Waals surface area contributed by atoms with E-state index in [9.17, 15) is 19.2 Å². The van der Waals surface area contributed by atoms with Gasteiger partial charge in [-0.05, 0) is 18.9 Å². The number of carbonyl (C=O) groups is 4. The Kier molecular flexibility index (Phi) is 7.15. The van der Waals surface area contributed by atoms with Gasteiger partial charge in [0.1, 0.15) is 11.7 Å². The summed E-state index contributed by atoms with van der Waals surface area (Å²) in [5.41, 5.74) is 1.49. The smallest absolute Gasteiger partial charge is 0.246 e. The standard InChI is InChI=1S/C21H28ClN5O4/c1-14(2)12-27-21(22)16(15(3)23-27)4-5-17(28)24-8-10-25(11-9-24)20(31)13-26-18(29)6-7-19(26)30/h4-5,14H,6-13H2,1-3H3/b5-4+. The largest absolute Gasteiger partial charge is 0.338 e. The van der Waals surface area contributed by atoms with Crippen molar-refractivity contribution in [3.05, 3.63) is 22.5 Å². The number of aryl methyl sites for hydroxylation is 1. The van der Waals surface area contributed by atoms with Gasteiger partial charge in [-0.3, -0.25) is 28.8 Å². The average molecular weight is 450 g/mol. The maximum Gasteiger partial charge on any atom is 0.246 e. The Morgan fingerprint density at radius 2 is 1.65 bits per heavy atom. The lowest BCUT2D eigenvalue weighted by atomic mass is 10.2. The van der Waals surface area contributed by atoms with Gasteiger partial charge in [0, 0.05) is 57.2 Å². The molecule has 4 amide bonds. The van der Waals surface area contributed by atoms with Gasteiger partial charge >= 0.3 is 0 Å². The molecule has 0 spiro atoms.